The molecule has 0 bridgehead atoms. The summed E-state index contributed by atoms with van der Waals surface area (Å²) in [5.41, 5.74) is 0. The van der Waals surface area contributed by atoms with Gasteiger partial charge in [0.25, 0.3) is 0 Å². The highest BCUT2D eigenvalue weighted by molar-refractivity contribution is 4.61. The first kappa shape index (κ1) is 28.0. The Kier molecular flexibility index (Phi) is 23.3. The van der Waals surface area contributed by atoms with Crippen molar-refractivity contribution in [2.24, 2.45) is 11.8 Å². The first-order valence-corrected chi connectivity index (χ1v) is 13.7. The van der Waals surface area contributed by atoms with Crippen molar-refractivity contribution in [1.82, 2.24) is 0 Å². The van der Waals surface area contributed by atoms with Crippen molar-refractivity contribution in [3.05, 3.63) is 0 Å². The molecule has 0 aliphatic heterocycles. The van der Waals surface area contributed by atoms with E-state index >= 15 is 0 Å². The third kappa shape index (κ3) is 22.3. The smallest absolute Gasteiger partial charge is 0.0440 e. The maximum Gasteiger partial charge on any atom is -0.0440 e. The second kappa shape index (κ2) is 23.3. The van der Waals surface area contributed by atoms with Gasteiger partial charge in [0, 0.05) is 0 Å². The highest BCUT2D eigenvalue weighted by Crippen LogP contribution is 2.23. The highest BCUT2D eigenvalue weighted by Gasteiger charge is 2.08. The summed E-state index contributed by atoms with van der Waals surface area (Å²) in [4.78, 5) is 0. The monoisotopic (exact) mass is 394 g/mol. The van der Waals surface area contributed by atoms with Gasteiger partial charge in [0.2, 0.25) is 0 Å². The molecule has 0 heterocycles. The van der Waals surface area contributed by atoms with E-state index in [0.717, 1.165) is 11.8 Å². The maximum atomic E-state index is 2.50. The van der Waals surface area contributed by atoms with Crippen LogP contribution in [0.5, 0.6) is 0 Å². The van der Waals surface area contributed by atoms with Crippen LogP contribution in [0.2, 0.25) is 0 Å². The second-order valence-corrected chi connectivity index (χ2v) is 10.0. The highest BCUT2D eigenvalue weighted by atomic mass is 14.1. The van der Waals surface area contributed by atoms with E-state index in [1.54, 1.807) is 0 Å². The summed E-state index contributed by atoms with van der Waals surface area (Å²) >= 11 is 0. The fourth-order valence-corrected chi connectivity index (χ4v) is 4.71. The van der Waals surface area contributed by atoms with Gasteiger partial charge in [0.1, 0.15) is 0 Å². The summed E-state index contributed by atoms with van der Waals surface area (Å²) in [7, 11) is 0. The molecule has 0 aromatic heterocycles. The molecule has 0 spiro atoms. The van der Waals surface area contributed by atoms with Crippen LogP contribution in [0, 0.1) is 11.8 Å². The minimum atomic E-state index is 0.947. The predicted octanol–water partition coefficient (Wildman–Crippen LogP) is 10.9. The first-order chi connectivity index (χ1) is 13.7. The van der Waals surface area contributed by atoms with Gasteiger partial charge in [-0.3, -0.25) is 0 Å². The SMILES string of the molecule is CCCCCCCCCCCCC(C)CC(C)CCCCCCCCCCC. The van der Waals surface area contributed by atoms with Crippen molar-refractivity contribution in [2.75, 3.05) is 0 Å². The van der Waals surface area contributed by atoms with Crippen molar-refractivity contribution in [2.45, 2.75) is 169 Å². The van der Waals surface area contributed by atoms with Gasteiger partial charge in [-0.15, -0.1) is 0 Å². The minimum absolute atomic E-state index is 0.947. The lowest BCUT2D eigenvalue weighted by atomic mass is 9.89. The van der Waals surface area contributed by atoms with Crippen LogP contribution in [0.4, 0.5) is 0 Å². The van der Waals surface area contributed by atoms with Crippen molar-refractivity contribution in [3.63, 3.8) is 0 Å². The summed E-state index contributed by atoms with van der Waals surface area (Å²) in [6.07, 6.45) is 32.2. The van der Waals surface area contributed by atoms with Crippen LogP contribution in [-0.4, -0.2) is 0 Å². The average molecular weight is 395 g/mol. The molecule has 0 fully saturated rings. The fraction of sp³-hybridized carbons (Fsp3) is 1.00. The fourth-order valence-electron chi connectivity index (χ4n) is 4.71. The van der Waals surface area contributed by atoms with Gasteiger partial charge in [0.15, 0.2) is 0 Å². The van der Waals surface area contributed by atoms with Gasteiger partial charge in [-0.2, -0.15) is 0 Å². The van der Waals surface area contributed by atoms with E-state index in [1.807, 2.05) is 0 Å². The van der Waals surface area contributed by atoms with Crippen LogP contribution < -0.4 is 0 Å². The minimum Gasteiger partial charge on any atom is -0.0654 e. The molecule has 2 unspecified atom stereocenters. The Hall–Kier alpha value is 0. The van der Waals surface area contributed by atoms with E-state index in [1.165, 1.54) is 141 Å². The van der Waals surface area contributed by atoms with Crippen LogP contribution in [0.1, 0.15) is 169 Å². The molecule has 0 amide bonds. The van der Waals surface area contributed by atoms with Gasteiger partial charge in [-0.05, 0) is 18.3 Å². The third-order valence-corrected chi connectivity index (χ3v) is 6.66. The van der Waals surface area contributed by atoms with Crippen LogP contribution in [0.3, 0.4) is 0 Å². The Bertz CT molecular complexity index is 269. The van der Waals surface area contributed by atoms with Crippen molar-refractivity contribution in [3.8, 4) is 0 Å². The topological polar surface area (TPSA) is 0 Å². The van der Waals surface area contributed by atoms with Crippen LogP contribution in [0.15, 0.2) is 0 Å². The lowest BCUT2D eigenvalue weighted by Crippen LogP contribution is -2.03. The zero-order valence-corrected chi connectivity index (χ0v) is 20.7. The molecule has 0 aliphatic carbocycles. The van der Waals surface area contributed by atoms with Gasteiger partial charge in [-0.1, -0.05) is 163 Å². The number of hydrogen-bond acceptors (Lipinski definition) is 0. The molecule has 2 atom stereocenters. The molecule has 0 saturated carbocycles. The third-order valence-electron chi connectivity index (χ3n) is 6.66. The molecule has 0 aromatic rings. The number of rotatable bonds is 23. The van der Waals surface area contributed by atoms with Gasteiger partial charge >= 0.3 is 0 Å². The summed E-state index contributed by atoms with van der Waals surface area (Å²) < 4.78 is 0. The molecule has 0 radical (unpaired) electrons. The molecule has 0 aromatic carbocycles. The molecule has 0 nitrogen and oxygen atoms in total. The average Bonchev–Trinajstić information content (AvgIpc) is 2.68. The molecule has 28 heavy (non-hydrogen) atoms. The lowest BCUT2D eigenvalue weighted by molar-refractivity contribution is 0.356. The van der Waals surface area contributed by atoms with Crippen LogP contribution in [0.25, 0.3) is 0 Å². The van der Waals surface area contributed by atoms with Crippen molar-refractivity contribution < 1.29 is 0 Å². The standard InChI is InChI=1S/C28H58/c1-5-7-9-11-13-15-17-19-21-23-25-28(4)26-27(3)24-22-20-18-16-14-12-10-8-6-2/h27-28H,5-26H2,1-4H3. The molecule has 0 saturated heterocycles. The van der Waals surface area contributed by atoms with Gasteiger partial charge in [0.05, 0.1) is 0 Å². The normalized spacial score (nSPS) is 13.7. The molecule has 0 aliphatic rings. The van der Waals surface area contributed by atoms with E-state index in [2.05, 4.69) is 27.7 Å². The Morgan fingerprint density at radius 1 is 0.357 bits per heavy atom. The van der Waals surface area contributed by atoms with Crippen LogP contribution >= 0.6 is 0 Å². The summed E-state index contributed by atoms with van der Waals surface area (Å²) in [5.74, 6) is 1.89. The Labute approximate surface area is 181 Å². The molecule has 0 rings (SSSR count). The zero-order chi connectivity index (χ0) is 20.7. The maximum absolute atomic E-state index is 2.50. The van der Waals surface area contributed by atoms with E-state index < -0.39 is 0 Å². The molecule has 0 heteroatoms. The number of unbranched alkanes of at least 4 members (excludes halogenated alkanes) is 17. The second-order valence-electron chi connectivity index (χ2n) is 10.0. The molecule has 0 N–H and O–H groups in total. The Balaban J connectivity index is 3.30. The number of hydrogen-bond donors (Lipinski definition) is 0. The quantitative estimate of drug-likeness (QED) is 0.151. The first-order valence-electron chi connectivity index (χ1n) is 13.7. The zero-order valence-electron chi connectivity index (χ0n) is 20.7. The van der Waals surface area contributed by atoms with E-state index in [0.29, 0.717) is 0 Å². The van der Waals surface area contributed by atoms with E-state index in [-0.39, 0.29) is 0 Å². The predicted molar refractivity (Wildman–Crippen MR) is 131 cm³/mol. The molecular formula is C28H58. The van der Waals surface area contributed by atoms with Gasteiger partial charge in [-0.25, -0.2) is 0 Å². The van der Waals surface area contributed by atoms with E-state index in [9.17, 15) is 0 Å². The van der Waals surface area contributed by atoms with Crippen molar-refractivity contribution in [1.29, 1.82) is 0 Å². The van der Waals surface area contributed by atoms with Crippen molar-refractivity contribution >= 4 is 0 Å². The van der Waals surface area contributed by atoms with Gasteiger partial charge < -0.3 is 0 Å². The lowest BCUT2D eigenvalue weighted by Gasteiger charge is -2.17. The molecular weight excluding hydrogens is 336 g/mol. The summed E-state index contributed by atoms with van der Waals surface area (Å²) in [5, 5.41) is 0. The Morgan fingerprint density at radius 3 is 0.893 bits per heavy atom. The summed E-state index contributed by atoms with van der Waals surface area (Å²) in [6, 6.07) is 0. The Morgan fingerprint density at radius 2 is 0.607 bits per heavy atom. The summed E-state index contributed by atoms with van der Waals surface area (Å²) in [6.45, 7) is 9.61. The van der Waals surface area contributed by atoms with Crippen LogP contribution in [-0.2, 0) is 0 Å². The van der Waals surface area contributed by atoms with E-state index in [4.69, 9.17) is 0 Å². The largest absolute Gasteiger partial charge is 0.0654 e. The molecule has 170 valence electrons.